The average Bonchev–Trinajstić information content (AvgIpc) is 2.34. The average molecular weight is 361 g/mol. The van der Waals surface area contributed by atoms with Crippen molar-refractivity contribution in [3.05, 3.63) is 63.6 Å². The SMILES string of the molecule is O=S(=O)(Cc1ccccc1)Nc1cc(Cl)ccc1Br. The smallest absolute Gasteiger partial charge is 0.236 e. The zero-order valence-electron chi connectivity index (χ0n) is 9.81. The Labute approximate surface area is 125 Å². The van der Waals surface area contributed by atoms with Gasteiger partial charge in [0.15, 0.2) is 0 Å². The molecule has 0 atom stereocenters. The Kier molecular flexibility index (Phi) is 4.50. The number of nitrogens with one attached hydrogen (secondary N) is 1. The molecule has 2 aromatic rings. The van der Waals surface area contributed by atoms with Crippen molar-refractivity contribution in [1.29, 1.82) is 0 Å². The van der Waals surface area contributed by atoms with Crippen LogP contribution in [0.4, 0.5) is 5.69 Å². The summed E-state index contributed by atoms with van der Waals surface area (Å²) in [5.41, 5.74) is 1.16. The van der Waals surface area contributed by atoms with Gasteiger partial charge in [0.1, 0.15) is 0 Å². The zero-order valence-corrected chi connectivity index (χ0v) is 13.0. The predicted molar refractivity (Wildman–Crippen MR) is 81.8 cm³/mol. The first-order valence-electron chi connectivity index (χ1n) is 5.46. The number of anilines is 1. The molecule has 100 valence electrons. The van der Waals surface area contributed by atoms with Gasteiger partial charge in [-0.25, -0.2) is 8.42 Å². The van der Waals surface area contributed by atoms with Gasteiger partial charge in [0.2, 0.25) is 10.0 Å². The van der Waals surface area contributed by atoms with E-state index in [1.807, 2.05) is 6.07 Å². The molecular weight excluding hydrogens is 350 g/mol. The van der Waals surface area contributed by atoms with Gasteiger partial charge in [-0.3, -0.25) is 4.72 Å². The van der Waals surface area contributed by atoms with Gasteiger partial charge in [-0.05, 0) is 39.7 Å². The summed E-state index contributed by atoms with van der Waals surface area (Å²) in [5, 5.41) is 0.473. The maximum Gasteiger partial charge on any atom is 0.236 e. The van der Waals surface area contributed by atoms with Gasteiger partial charge in [0, 0.05) is 9.50 Å². The molecule has 0 unspecified atom stereocenters. The van der Waals surface area contributed by atoms with Crippen molar-refractivity contribution in [3.8, 4) is 0 Å². The fourth-order valence-corrected chi connectivity index (χ4v) is 3.43. The second-order valence-electron chi connectivity index (χ2n) is 3.97. The standard InChI is InChI=1S/C13H11BrClNO2S/c14-12-7-6-11(15)8-13(12)16-19(17,18)9-10-4-2-1-3-5-10/h1-8,16H,9H2. The van der Waals surface area contributed by atoms with Crippen LogP contribution in [0.5, 0.6) is 0 Å². The first kappa shape index (κ1) is 14.4. The van der Waals surface area contributed by atoms with Crippen molar-refractivity contribution in [3.63, 3.8) is 0 Å². The van der Waals surface area contributed by atoms with Crippen molar-refractivity contribution in [2.75, 3.05) is 4.72 Å². The first-order chi connectivity index (χ1) is 8.96. The Bertz CT molecular complexity index is 674. The van der Waals surface area contributed by atoms with E-state index in [1.165, 1.54) is 0 Å². The predicted octanol–water partition coefficient (Wildman–Crippen LogP) is 4.04. The molecule has 6 heteroatoms. The Balaban J connectivity index is 2.20. The second kappa shape index (κ2) is 5.94. The molecule has 2 aromatic carbocycles. The largest absolute Gasteiger partial charge is 0.282 e. The van der Waals surface area contributed by atoms with Crippen LogP contribution in [-0.2, 0) is 15.8 Å². The van der Waals surface area contributed by atoms with Crippen LogP contribution in [0.1, 0.15) is 5.56 Å². The minimum atomic E-state index is -3.47. The summed E-state index contributed by atoms with van der Waals surface area (Å²) in [5.74, 6) is -0.0766. The van der Waals surface area contributed by atoms with Crippen LogP contribution in [0.2, 0.25) is 5.02 Å². The molecule has 3 nitrogen and oxygen atoms in total. The molecule has 0 fully saturated rings. The molecule has 2 rings (SSSR count). The highest BCUT2D eigenvalue weighted by atomic mass is 79.9. The summed E-state index contributed by atoms with van der Waals surface area (Å²) < 4.78 is 27.3. The third-order valence-corrected chi connectivity index (χ3v) is 4.56. The van der Waals surface area contributed by atoms with E-state index in [9.17, 15) is 8.42 Å². The van der Waals surface area contributed by atoms with Gasteiger partial charge in [-0.15, -0.1) is 0 Å². The highest BCUT2D eigenvalue weighted by Gasteiger charge is 2.13. The lowest BCUT2D eigenvalue weighted by Gasteiger charge is -2.10. The molecule has 0 aliphatic heterocycles. The summed E-state index contributed by atoms with van der Waals surface area (Å²) in [4.78, 5) is 0. The van der Waals surface area contributed by atoms with E-state index in [2.05, 4.69) is 20.7 Å². The van der Waals surface area contributed by atoms with Crippen molar-refractivity contribution < 1.29 is 8.42 Å². The fourth-order valence-electron chi connectivity index (χ4n) is 1.57. The molecule has 0 aliphatic carbocycles. The van der Waals surface area contributed by atoms with E-state index in [-0.39, 0.29) is 5.75 Å². The highest BCUT2D eigenvalue weighted by molar-refractivity contribution is 9.10. The normalized spacial score (nSPS) is 11.3. The second-order valence-corrected chi connectivity index (χ2v) is 6.98. The maximum atomic E-state index is 12.1. The molecule has 0 saturated heterocycles. The fraction of sp³-hybridized carbons (Fsp3) is 0.0769. The molecule has 0 bridgehead atoms. The summed E-state index contributed by atoms with van der Waals surface area (Å²) in [6.07, 6.45) is 0. The van der Waals surface area contributed by atoms with Crippen molar-refractivity contribution in [1.82, 2.24) is 0 Å². The molecule has 0 radical (unpaired) electrons. The van der Waals surface area contributed by atoms with Gasteiger partial charge in [0.25, 0.3) is 0 Å². The number of rotatable bonds is 4. The molecule has 0 spiro atoms. The quantitative estimate of drug-likeness (QED) is 0.894. The van der Waals surface area contributed by atoms with E-state index in [1.54, 1.807) is 42.5 Å². The Morgan fingerprint density at radius 1 is 1.11 bits per heavy atom. The third-order valence-electron chi connectivity index (χ3n) is 2.39. The van der Waals surface area contributed by atoms with Crippen LogP contribution in [0.3, 0.4) is 0 Å². The molecule has 0 heterocycles. The number of hydrogen-bond acceptors (Lipinski definition) is 2. The number of sulfonamides is 1. The lowest BCUT2D eigenvalue weighted by atomic mass is 10.2. The van der Waals surface area contributed by atoms with Gasteiger partial charge >= 0.3 is 0 Å². The monoisotopic (exact) mass is 359 g/mol. The Morgan fingerprint density at radius 3 is 2.47 bits per heavy atom. The lowest BCUT2D eigenvalue weighted by Crippen LogP contribution is -2.15. The topological polar surface area (TPSA) is 46.2 Å². The van der Waals surface area contributed by atoms with E-state index in [4.69, 9.17) is 11.6 Å². The van der Waals surface area contributed by atoms with Gasteiger partial charge in [0.05, 0.1) is 11.4 Å². The summed E-state index contributed by atoms with van der Waals surface area (Å²) in [6, 6.07) is 13.9. The molecule has 1 N–H and O–H groups in total. The maximum absolute atomic E-state index is 12.1. The summed E-state index contributed by atoms with van der Waals surface area (Å²) >= 11 is 9.13. The van der Waals surface area contributed by atoms with Crippen molar-refractivity contribution in [2.24, 2.45) is 0 Å². The molecular formula is C13H11BrClNO2S. The Morgan fingerprint density at radius 2 is 1.79 bits per heavy atom. The summed E-state index contributed by atoms with van der Waals surface area (Å²) in [6.45, 7) is 0. The number of benzene rings is 2. The number of hydrogen-bond donors (Lipinski definition) is 1. The molecule has 0 saturated carbocycles. The van der Waals surface area contributed by atoms with Gasteiger partial charge in [-0.1, -0.05) is 41.9 Å². The molecule has 0 aromatic heterocycles. The minimum Gasteiger partial charge on any atom is -0.282 e. The van der Waals surface area contributed by atoms with Crippen LogP contribution in [0.15, 0.2) is 53.0 Å². The minimum absolute atomic E-state index is 0.0766. The van der Waals surface area contributed by atoms with E-state index in [0.29, 0.717) is 15.2 Å². The molecule has 0 amide bonds. The van der Waals surface area contributed by atoms with Crippen molar-refractivity contribution in [2.45, 2.75) is 5.75 Å². The third kappa shape index (κ3) is 4.23. The lowest BCUT2D eigenvalue weighted by molar-refractivity contribution is 0.600. The van der Waals surface area contributed by atoms with Crippen LogP contribution in [-0.4, -0.2) is 8.42 Å². The highest BCUT2D eigenvalue weighted by Crippen LogP contribution is 2.27. The molecule has 19 heavy (non-hydrogen) atoms. The Hall–Kier alpha value is -1.04. The van der Waals surface area contributed by atoms with Crippen LogP contribution < -0.4 is 4.72 Å². The first-order valence-corrected chi connectivity index (χ1v) is 8.28. The van der Waals surface area contributed by atoms with E-state index in [0.717, 1.165) is 5.56 Å². The zero-order chi connectivity index (χ0) is 13.9. The number of halogens is 2. The van der Waals surface area contributed by atoms with E-state index >= 15 is 0 Å². The van der Waals surface area contributed by atoms with Crippen LogP contribution in [0, 0.1) is 0 Å². The van der Waals surface area contributed by atoms with Crippen LogP contribution >= 0.6 is 27.5 Å². The summed E-state index contributed by atoms with van der Waals surface area (Å²) in [7, 11) is -3.47. The van der Waals surface area contributed by atoms with E-state index < -0.39 is 10.0 Å². The van der Waals surface area contributed by atoms with Gasteiger partial charge in [-0.2, -0.15) is 0 Å². The van der Waals surface area contributed by atoms with Crippen LogP contribution in [0.25, 0.3) is 0 Å². The van der Waals surface area contributed by atoms with Crippen molar-refractivity contribution >= 4 is 43.2 Å². The molecule has 0 aliphatic rings. The van der Waals surface area contributed by atoms with Gasteiger partial charge < -0.3 is 0 Å².